The van der Waals surface area contributed by atoms with Gasteiger partial charge in [0.05, 0.1) is 12.4 Å². The fourth-order valence-electron chi connectivity index (χ4n) is 4.84. The van der Waals surface area contributed by atoms with Crippen LogP contribution in [0.15, 0.2) is 67.3 Å². The third-order valence-corrected chi connectivity index (χ3v) is 6.41. The Bertz CT molecular complexity index is 1010. The molecule has 1 atom stereocenters. The zero-order valence-electron chi connectivity index (χ0n) is 17.1. The Morgan fingerprint density at radius 1 is 1.10 bits per heavy atom. The molecule has 5 nitrogen and oxygen atoms in total. The molecule has 0 radical (unpaired) electrons. The minimum Gasteiger partial charge on any atom is -0.487 e. The van der Waals surface area contributed by atoms with Crippen LogP contribution in [0, 0.1) is 0 Å². The number of carbonyl (C=O) groups excluding carboxylic acids is 1. The standard InChI is InChI=1S/C25H27N3O2/c29-24(20-10-8-19(9-11-20)17-28-15-14-26-18-28)27-22-16-25(12-4-1-5-13-25)30-23-7-3-2-6-21(22)23/h2-3,6-11,14-15,18,22H,1,4-5,12-13,16-17H2,(H,27,29)/t22-/m1/s1. The highest BCUT2D eigenvalue weighted by Gasteiger charge is 2.42. The van der Waals surface area contributed by atoms with Crippen molar-refractivity contribution in [1.29, 1.82) is 0 Å². The van der Waals surface area contributed by atoms with Crippen molar-refractivity contribution in [3.63, 3.8) is 0 Å². The average Bonchev–Trinajstić information content (AvgIpc) is 3.28. The van der Waals surface area contributed by atoms with Crippen molar-refractivity contribution in [3.05, 3.63) is 83.9 Å². The summed E-state index contributed by atoms with van der Waals surface area (Å²) in [6, 6.07) is 16.0. The van der Waals surface area contributed by atoms with Crippen LogP contribution < -0.4 is 10.1 Å². The van der Waals surface area contributed by atoms with E-state index < -0.39 is 0 Å². The van der Waals surface area contributed by atoms with Gasteiger partial charge in [0.1, 0.15) is 11.4 Å². The SMILES string of the molecule is O=C(N[C@@H]1CC2(CCCCC2)Oc2ccccc21)c1ccc(Cn2ccnc2)cc1. The second kappa shape index (κ2) is 7.98. The quantitative estimate of drug-likeness (QED) is 0.677. The lowest BCUT2D eigenvalue weighted by molar-refractivity contribution is -0.00209. The normalized spacial score (nSPS) is 19.7. The highest BCUT2D eigenvalue weighted by Crippen LogP contribution is 2.46. The van der Waals surface area contributed by atoms with Gasteiger partial charge in [0.15, 0.2) is 0 Å². The summed E-state index contributed by atoms with van der Waals surface area (Å²) in [4.78, 5) is 17.1. The monoisotopic (exact) mass is 401 g/mol. The van der Waals surface area contributed by atoms with Crippen LogP contribution in [0.3, 0.4) is 0 Å². The first kappa shape index (κ1) is 18.9. The van der Waals surface area contributed by atoms with Gasteiger partial charge >= 0.3 is 0 Å². The Kier molecular flexibility index (Phi) is 5.03. The van der Waals surface area contributed by atoms with Crippen LogP contribution in [0.1, 0.15) is 66.1 Å². The van der Waals surface area contributed by atoms with Gasteiger partial charge in [0.25, 0.3) is 5.91 Å². The molecule has 1 aliphatic carbocycles. The molecule has 1 aliphatic heterocycles. The summed E-state index contributed by atoms with van der Waals surface area (Å²) in [6.45, 7) is 0.748. The Labute approximate surface area is 177 Å². The Balaban J connectivity index is 1.33. The van der Waals surface area contributed by atoms with Gasteiger partial charge < -0.3 is 14.6 Å². The summed E-state index contributed by atoms with van der Waals surface area (Å²) in [7, 11) is 0. The molecule has 1 aromatic heterocycles. The second-order valence-corrected chi connectivity index (χ2v) is 8.55. The van der Waals surface area contributed by atoms with Gasteiger partial charge in [-0.2, -0.15) is 0 Å². The van der Waals surface area contributed by atoms with Gasteiger partial charge in [-0.05, 0) is 49.4 Å². The van der Waals surface area contributed by atoms with Gasteiger partial charge in [-0.25, -0.2) is 4.98 Å². The molecule has 3 aromatic rings. The minimum atomic E-state index is -0.140. The van der Waals surface area contributed by atoms with E-state index in [1.807, 2.05) is 53.2 Å². The van der Waals surface area contributed by atoms with Gasteiger partial charge in [-0.1, -0.05) is 36.8 Å². The van der Waals surface area contributed by atoms with E-state index in [1.54, 1.807) is 12.5 Å². The number of aromatic nitrogens is 2. The fourth-order valence-corrected chi connectivity index (χ4v) is 4.84. The number of hydrogen-bond acceptors (Lipinski definition) is 3. The maximum Gasteiger partial charge on any atom is 0.251 e. The van der Waals surface area contributed by atoms with Crippen molar-refractivity contribution in [2.24, 2.45) is 0 Å². The molecule has 2 aliphatic rings. The second-order valence-electron chi connectivity index (χ2n) is 8.55. The summed E-state index contributed by atoms with van der Waals surface area (Å²) >= 11 is 0. The fraction of sp³-hybridized carbons (Fsp3) is 0.360. The maximum atomic E-state index is 13.1. The lowest BCUT2D eigenvalue weighted by Gasteiger charge is -2.44. The lowest BCUT2D eigenvalue weighted by atomic mass is 9.77. The van der Waals surface area contributed by atoms with E-state index >= 15 is 0 Å². The first-order valence-electron chi connectivity index (χ1n) is 10.8. The van der Waals surface area contributed by atoms with Crippen LogP contribution >= 0.6 is 0 Å². The highest BCUT2D eigenvalue weighted by atomic mass is 16.5. The third kappa shape index (κ3) is 3.84. The van der Waals surface area contributed by atoms with E-state index in [0.717, 1.165) is 42.7 Å². The van der Waals surface area contributed by atoms with E-state index in [2.05, 4.69) is 16.4 Å². The Hall–Kier alpha value is -3.08. The number of fused-ring (bicyclic) bond motifs is 1. The summed E-state index contributed by atoms with van der Waals surface area (Å²) in [5.41, 5.74) is 2.77. The number of ether oxygens (including phenoxy) is 1. The van der Waals surface area contributed by atoms with Crippen molar-refractivity contribution in [2.75, 3.05) is 0 Å². The highest BCUT2D eigenvalue weighted by molar-refractivity contribution is 5.94. The molecule has 154 valence electrons. The number of carbonyl (C=O) groups is 1. The van der Waals surface area contributed by atoms with E-state index in [-0.39, 0.29) is 17.6 Å². The van der Waals surface area contributed by atoms with Crippen molar-refractivity contribution < 1.29 is 9.53 Å². The van der Waals surface area contributed by atoms with Crippen LogP contribution in [0.2, 0.25) is 0 Å². The van der Waals surface area contributed by atoms with Crippen LogP contribution in [-0.2, 0) is 6.54 Å². The predicted molar refractivity (Wildman–Crippen MR) is 115 cm³/mol. The van der Waals surface area contributed by atoms with Crippen LogP contribution in [-0.4, -0.2) is 21.1 Å². The Morgan fingerprint density at radius 3 is 2.67 bits per heavy atom. The number of rotatable bonds is 4. The molecule has 0 unspecified atom stereocenters. The topological polar surface area (TPSA) is 56.1 Å². The zero-order chi connectivity index (χ0) is 20.4. The molecular formula is C25H27N3O2. The van der Waals surface area contributed by atoms with Crippen molar-refractivity contribution in [3.8, 4) is 5.75 Å². The van der Waals surface area contributed by atoms with Crippen molar-refractivity contribution >= 4 is 5.91 Å². The Morgan fingerprint density at radius 2 is 1.90 bits per heavy atom. The van der Waals surface area contributed by atoms with E-state index in [0.29, 0.717) is 5.56 Å². The number of imidazole rings is 1. The maximum absolute atomic E-state index is 13.1. The van der Waals surface area contributed by atoms with Crippen LogP contribution in [0.25, 0.3) is 0 Å². The number of hydrogen-bond donors (Lipinski definition) is 1. The van der Waals surface area contributed by atoms with E-state index in [4.69, 9.17) is 4.74 Å². The number of para-hydroxylation sites is 1. The molecule has 0 bridgehead atoms. The van der Waals surface area contributed by atoms with E-state index in [9.17, 15) is 4.79 Å². The number of benzene rings is 2. The van der Waals surface area contributed by atoms with E-state index in [1.165, 1.54) is 19.3 Å². The van der Waals surface area contributed by atoms with Crippen LogP contribution in [0.5, 0.6) is 5.75 Å². The summed E-state index contributed by atoms with van der Waals surface area (Å²) in [5.74, 6) is 0.892. The molecular weight excluding hydrogens is 374 g/mol. The molecule has 2 heterocycles. The van der Waals surface area contributed by atoms with Gasteiger partial charge in [0, 0.05) is 36.5 Å². The smallest absolute Gasteiger partial charge is 0.251 e. The number of nitrogens with one attached hydrogen (secondary N) is 1. The molecule has 5 rings (SSSR count). The first-order chi connectivity index (χ1) is 14.7. The molecule has 1 spiro atoms. The van der Waals surface area contributed by atoms with Gasteiger partial charge in [-0.15, -0.1) is 0 Å². The minimum absolute atomic E-state index is 0.0221. The summed E-state index contributed by atoms with van der Waals surface area (Å²) in [6.07, 6.45) is 12.1. The molecule has 30 heavy (non-hydrogen) atoms. The average molecular weight is 402 g/mol. The van der Waals surface area contributed by atoms with Crippen molar-refractivity contribution in [1.82, 2.24) is 14.9 Å². The number of nitrogens with zero attached hydrogens (tertiary/aromatic N) is 2. The molecule has 2 aromatic carbocycles. The van der Waals surface area contributed by atoms with Crippen molar-refractivity contribution in [2.45, 2.75) is 56.7 Å². The van der Waals surface area contributed by atoms with Gasteiger partial charge in [-0.3, -0.25) is 4.79 Å². The molecule has 1 saturated carbocycles. The summed E-state index contributed by atoms with van der Waals surface area (Å²) < 4.78 is 8.50. The lowest BCUT2D eigenvalue weighted by Crippen LogP contribution is -2.46. The first-order valence-corrected chi connectivity index (χ1v) is 10.8. The predicted octanol–water partition coefficient (Wildman–Crippen LogP) is 4.89. The number of amides is 1. The molecule has 0 saturated heterocycles. The van der Waals surface area contributed by atoms with Gasteiger partial charge in [0.2, 0.25) is 0 Å². The zero-order valence-corrected chi connectivity index (χ0v) is 17.1. The molecule has 1 N–H and O–H groups in total. The summed E-state index contributed by atoms with van der Waals surface area (Å²) in [5, 5.41) is 3.29. The largest absolute Gasteiger partial charge is 0.487 e. The molecule has 1 amide bonds. The van der Waals surface area contributed by atoms with Crippen LogP contribution in [0.4, 0.5) is 0 Å². The molecule has 5 heteroatoms. The molecule has 1 fully saturated rings. The third-order valence-electron chi connectivity index (χ3n) is 6.41.